The van der Waals surface area contributed by atoms with E-state index in [0.29, 0.717) is 11.6 Å². The Hall–Kier alpha value is -1.51. The Morgan fingerprint density at radius 2 is 2.24 bits per heavy atom. The lowest BCUT2D eigenvalue weighted by molar-refractivity contribution is 0.0697. The zero-order valence-corrected chi connectivity index (χ0v) is 10.2. The molecule has 0 aliphatic heterocycles. The van der Waals surface area contributed by atoms with Gasteiger partial charge in [-0.1, -0.05) is 19.4 Å². The fourth-order valence-corrected chi connectivity index (χ4v) is 2.05. The van der Waals surface area contributed by atoms with Crippen LogP contribution < -0.4 is 4.90 Å². The van der Waals surface area contributed by atoms with Gasteiger partial charge in [0.25, 0.3) is 0 Å². The van der Waals surface area contributed by atoms with Crippen molar-refractivity contribution >= 4 is 11.7 Å². The van der Waals surface area contributed by atoms with Crippen LogP contribution in [-0.4, -0.2) is 23.7 Å². The predicted molar refractivity (Wildman–Crippen MR) is 68.7 cm³/mol. The number of benzene rings is 1. The summed E-state index contributed by atoms with van der Waals surface area (Å²) in [7, 11) is 0. The highest BCUT2D eigenvalue weighted by Crippen LogP contribution is 2.32. The Bertz CT molecular complexity index is 399. The van der Waals surface area contributed by atoms with Crippen LogP contribution in [0.2, 0.25) is 0 Å². The van der Waals surface area contributed by atoms with Crippen LogP contribution in [0, 0.1) is 0 Å². The van der Waals surface area contributed by atoms with Crippen molar-refractivity contribution in [2.24, 2.45) is 0 Å². The van der Waals surface area contributed by atoms with E-state index in [1.807, 2.05) is 12.1 Å². The fraction of sp³-hybridized carbons (Fsp3) is 0.500. The number of rotatable bonds is 6. The minimum Gasteiger partial charge on any atom is -0.478 e. The van der Waals surface area contributed by atoms with Crippen LogP contribution in [0.3, 0.4) is 0 Å². The monoisotopic (exact) mass is 233 g/mol. The molecule has 2 rings (SSSR count). The number of anilines is 1. The van der Waals surface area contributed by atoms with Gasteiger partial charge in [0.05, 0.1) is 5.56 Å². The lowest BCUT2D eigenvalue weighted by atomic mass is 10.1. The molecule has 3 heteroatoms. The minimum atomic E-state index is -0.849. The number of nitrogens with zero attached hydrogens (tertiary/aromatic N) is 1. The maximum absolute atomic E-state index is 11.0. The van der Waals surface area contributed by atoms with Crippen LogP contribution in [-0.2, 0) is 0 Å². The summed E-state index contributed by atoms with van der Waals surface area (Å²) in [5.41, 5.74) is 1.44. The summed E-state index contributed by atoms with van der Waals surface area (Å²) in [4.78, 5) is 13.3. The quantitative estimate of drug-likeness (QED) is 0.820. The number of unbranched alkanes of at least 4 members (excludes halogenated alkanes) is 1. The zero-order valence-electron chi connectivity index (χ0n) is 10.2. The van der Waals surface area contributed by atoms with Gasteiger partial charge in [0.2, 0.25) is 0 Å². The Kier molecular flexibility index (Phi) is 3.67. The Morgan fingerprint density at radius 3 is 2.82 bits per heavy atom. The van der Waals surface area contributed by atoms with E-state index >= 15 is 0 Å². The molecule has 1 aliphatic carbocycles. The van der Waals surface area contributed by atoms with Crippen LogP contribution in [0.4, 0.5) is 5.69 Å². The summed E-state index contributed by atoms with van der Waals surface area (Å²) >= 11 is 0. The van der Waals surface area contributed by atoms with E-state index in [-0.39, 0.29) is 0 Å². The van der Waals surface area contributed by atoms with Gasteiger partial charge in [0.15, 0.2) is 0 Å². The molecule has 0 saturated heterocycles. The van der Waals surface area contributed by atoms with E-state index in [4.69, 9.17) is 5.11 Å². The summed E-state index contributed by atoms with van der Waals surface area (Å²) in [5, 5.41) is 9.00. The molecule has 1 aliphatic rings. The molecule has 1 N–H and O–H groups in total. The number of carboxylic acid groups (broad SMARTS) is 1. The van der Waals surface area contributed by atoms with Crippen molar-refractivity contribution in [2.45, 2.75) is 38.6 Å². The first-order valence-corrected chi connectivity index (χ1v) is 6.32. The molecule has 0 spiro atoms. The van der Waals surface area contributed by atoms with E-state index in [0.717, 1.165) is 18.7 Å². The van der Waals surface area contributed by atoms with Crippen molar-refractivity contribution in [1.29, 1.82) is 0 Å². The van der Waals surface area contributed by atoms with Crippen LogP contribution in [0.15, 0.2) is 24.3 Å². The second-order valence-electron chi connectivity index (χ2n) is 4.63. The second-order valence-corrected chi connectivity index (χ2v) is 4.63. The first-order valence-electron chi connectivity index (χ1n) is 6.32. The van der Waals surface area contributed by atoms with Gasteiger partial charge in [-0.15, -0.1) is 0 Å². The summed E-state index contributed by atoms with van der Waals surface area (Å²) in [5.74, 6) is -0.849. The number of carboxylic acids is 1. The average Bonchev–Trinajstić information content (AvgIpc) is 3.14. The number of hydrogen-bond acceptors (Lipinski definition) is 2. The Balaban J connectivity index is 2.16. The molecule has 0 amide bonds. The van der Waals surface area contributed by atoms with Crippen molar-refractivity contribution in [3.8, 4) is 0 Å². The van der Waals surface area contributed by atoms with Crippen molar-refractivity contribution < 1.29 is 9.90 Å². The summed E-state index contributed by atoms with van der Waals surface area (Å²) in [6.45, 7) is 3.21. The maximum Gasteiger partial charge on any atom is 0.335 e. The molecular weight excluding hydrogens is 214 g/mol. The van der Waals surface area contributed by atoms with E-state index in [9.17, 15) is 4.79 Å². The van der Waals surface area contributed by atoms with E-state index in [1.165, 1.54) is 19.3 Å². The highest BCUT2D eigenvalue weighted by atomic mass is 16.4. The lowest BCUT2D eigenvalue weighted by Crippen LogP contribution is -2.26. The number of hydrogen-bond donors (Lipinski definition) is 1. The van der Waals surface area contributed by atoms with Gasteiger partial charge in [-0.25, -0.2) is 4.79 Å². The van der Waals surface area contributed by atoms with Crippen molar-refractivity contribution in [2.75, 3.05) is 11.4 Å². The summed E-state index contributed by atoms with van der Waals surface area (Å²) in [6, 6.07) is 7.92. The molecule has 0 radical (unpaired) electrons. The average molecular weight is 233 g/mol. The largest absolute Gasteiger partial charge is 0.478 e. The van der Waals surface area contributed by atoms with Crippen molar-refractivity contribution in [1.82, 2.24) is 0 Å². The molecule has 0 aromatic heterocycles. The standard InChI is InChI=1S/C14H19NO2/c1-2-3-9-15(12-7-8-12)13-6-4-5-11(10-13)14(16)17/h4-6,10,12H,2-3,7-9H2,1H3,(H,16,17). The van der Waals surface area contributed by atoms with E-state index in [2.05, 4.69) is 11.8 Å². The molecule has 1 aromatic rings. The van der Waals surface area contributed by atoms with Gasteiger partial charge in [-0.2, -0.15) is 0 Å². The third-order valence-electron chi connectivity index (χ3n) is 3.16. The van der Waals surface area contributed by atoms with Gasteiger partial charge in [0, 0.05) is 18.3 Å². The van der Waals surface area contributed by atoms with E-state index in [1.54, 1.807) is 12.1 Å². The first kappa shape index (κ1) is 12.0. The summed E-state index contributed by atoms with van der Waals surface area (Å²) < 4.78 is 0. The predicted octanol–water partition coefficient (Wildman–Crippen LogP) is 3.15. The topological polar surface area (TPSA) is 40.5 Å². The van der Waals surface area contributed by atoms with Gasteiger partial charge >= 0.3 is 5.97 Å². The SMILES string of the molecule is CCCCN(c1cccc(C(=O)O)c1)C1CC1. The molecule has 0 atom stereocenters. The third kappa shape index (κ3) is 2.99. The normalized spacial score (nSPS) is 14.6. The Labute approximate surface area is 102 Å². The molecule has 1 saturated carbocycles. The van der Waals surface area contributed by atoms with Gasteiger partial charge in [-0.05, 0) is 37.5 Å². The van der Waals surface area contributed by atoms with Crippen LogP contribution in [0.25, 0.3) is 0 Å². The number of aromatic carboxylic acids is 1. The van der Waals surface area contributed by atoms with Gasteiger partial charge in [-0.3, -0.25) is 0 Å². The van der Waals surface area contributed by atoms with Crippen LogP contribution in [0.1, 0.15) is 43.0 Å². The molecule has 1 aromatic carbocycles. The Morgan fingerprint density at radius 1 is 1.47 bits per heavy atom. The summed E-state index contributed by atoms with van der Waals surface area (Å²) in [6.07, 6.45) is 4.80. The van der Waals surface area contributed by atoms with Crippen molar-refractivity contribution in [3.63, 3.8) is 0 Å². The van der Waals surface area contributed by atoms with Gasteiger partial charge < -0.3 is 10.0 Å². The van der Waals surface area contributed by atoms with Gasteiger partial charge in [0.1, 0.15) is 0 Å². The van der Waals surface area contributed by atoms with Crippen molar-refractivity contribution in [3.05, 3.63) is 29.8 Å². The molecule has 1 fully saturated rings. The van der Waals surface area contributed by atoms with E-state index < -0.39 is 5.97 Å². The lowest BCUT2D eigenvalue weighted by Gasteiger charge is -2.24. The molecule has 3 nitrogen and oxygen atoms in total. The molecule has 92 valence electrons. The highest BCUT2D eigenvalue weighted by Gasteiger charge is 2.28. The second kappa shape index (κ2) is 5.21. The van der Waals surface area contributed by atoms with Crippen LogP contribution in [0.5, 0.6) is 0 Å². The molecule has 0 unspecified atom stereocenters. The first-order chi connectivity index (χ1) is 8.22. The molecule has 17 heavy (non-hydrogen) atoms. The smallest absolute Gasteiger partial charge is 0.335 e. The van der Waals surface area contributed by atoms with Crippen LogP contribution >= 0.6 is 0 Å². The molecule has 0 heterocycles. The molecule has 0 bridgehead atoms. The minimum absolute atomic E-state index is 0.379. The number of carbonyl (C=O) groups is 1. The zero-order chi connectivity index (χ0) is 12.3. The highest BCUT2D eigenvalue weighted by molar-refractivity contribution is 5.88. The maximum atomic E-state index is 11.0. The third-order valence-corrected chi connectivity index (χ3v) is 3.16. The molecular formula is C14H19NO2. The fourth-order valence-electron chi connectivity index (χ4n) is 2.05.